The number of nitrogen functional groups attached to an aromatic ring is 1. The number of amides is 2. The lowest BCUT2D eigenvalue weighted by molar-refractivity contribution is -0.129. The van der Waals surface area contributed by atoms with Crippen LogP contribution in [-0.4, -0.2) is 49.6 Å². The third-order valence-electron chi connectivity index (χ3n) is 6.91. The molecule has 1 aromatic carbocycles. The molecule has 3 N–H and O–H groups in total. The number of benzene rings is 1. The van der Waals surface area contributed by atoms with Crippen molar-refractivity contribution in [1.82, 2.24) is 24.6 Å². The Kier molecular flexibility index (Phi) is 7.61. The van der Waals surface area contributed by atoms with E-state index in [0.717, 1.165) is 37.6 Å². The van der Waals surface area contributed by atoms with Gasteiger partial charge in [-0.1, -0.05) is 24.1 Å². The van der Waals surface area contributed by atoms with Gasteiger partial charge in [0, 0.05) is 42.7 Å². The van der Waals surface area contributed by atoms with Crippen LogP contribution in [0.25, 0.3) is 16.8 Å². The van der Waals surface area contributed by atoms with Crippen molar-refractivity contribution in [2.75, 3.05) is 12.3 Å². The maximum Gasteiger partial charge on any atom is 0.416 e. The van der Waals surface area contributed by atoms with Crippen molar-refractivity contribution < 1.29 is 22.8 Å². The summed E-state index contributed by atoms with van der Waals surface area (Å²) in [5.74, 6) is 5.53. The smallest absolute Gasteiger partial charge is 0.382 e. The first kappa shape index (κ1) is 27.6. The Morgan fingerprint density at radius 1 is 1.17 bits per heavy atom. The molecule has 0 saturated carbocycles. The number of rotatable bonds is 3. The fraction of sp³-hybridized carbons (Fsp3) is 0.276. The molecule has 0 bridgehead atoms. The Morgan fingerprint density at radius 3 is 2.68 bits per heavy atom. The summed E-state index contributed by atoms with van der Waals surface area (Å²) >= 11 is 0. The molecule has 0 aliphatic carbocycles. The van der Waals surface area contributed by atoms with E-state index >= 15 is 0 Å². The van der Waals surface area contributed by atoms with Crippen molar-refractivity contribution in [2.45, 2.75) is 44.8 Å². The zero-order valence-corrected chi connectivity index (χ0v) is 22.1. The Bertz CT molecular complexity index is 1660. The van der Waals surface area contributed by atoms with E-state index < -0.39 is 17.7 Å². The number of alkyl halides is 3. The maximum atomic E-state index is 13.0. The summed E-state index contributed by atoms with van der Waals surface area (Å²) in [5, 5.41) is 2.57. The van der Waals surface area contributed by atoms with Gasteiger partial charge in [0.05, 0.1) is 11.6 Å². The maximum absolute atomic E-state index is 13.0. The number of piperidine rings is 1. The zero-order valence-electron chi connectivity index (χ0n) is 22.1. The van der Waals surface area contributed by atoms with Gasteiger partial charge in [-0.2, -0.15) is 13.2 Å². The summed E-state index contributed by atoms with van der Waals surface area (Å²) in [6.45, 7) is 2.19. The third-order valence-corrected chi connectivity index (χ3v) is 6.91. The number of nitrogens with zero attached hydrogens (tertiary/aromatic N) is 5. The summed E-state index contributed by atoms with van der Waals surface area (Å²) in [5.41, 5.74) is 7.52. The summed E-state index contributed by atoms with van der Waals surface area (Å²) in [7, 11) is 0. The Balaban J connectivity index is 1.42. The molecular formula is C29H26F3N7O2. The van der Waals surface area contributed by atoms with E-state index in [9.17, 15) is 22.8 Å². The first-order valence-corrected chi connectivity index (χ1v) is 13.0. The molecule has 2 amide bonds. The van der Waals surface area contributed by atoms with E-state index in [1.165, 1.54) is 0 Å². The van der Waals surface area contributed by atoms with Crippen molar-refractivity contribution in [3.05, 3.63) is 72.0 Å². The second-order valence-electron chi connectivity index (χ2n) is 9.52. The zero-order chi connectivity index (χ0) is 29.1. The highest BCUT2D eigenvalue weighted by Gasteiger charge is 2.33. The van der Waals surface area contributed by atoms with Crippen LogP contribution in [0.1, 0.15) is 54.8 Å². The van der Waals surface area contributed by atoms with Gasteiger partial charge in [0.1, 0.15) is 28.7 Å². The van der Waals surface area contributed by atoms with Gasteiger partial charge in [-0.3, -0.25) is 14.0 Å². The standard InChI is InChI=1S/C29H26F3N7O2/c1-2-5-23(40)38-16-4-3-6-21(38)27-37-24(25-26(33)35-15-17-39(25)27)18-7-9-19(10-8-18)28(41)36-22-12-11-20(13-14-34-22)29(30,31)32/h7-11,13-15,17,21H,3-4,6,12,16H2,1H3,(H2,33,35)(H,34,36,41)/t21-/m0/s1. The highest BCUT2D eigenvalue weighted by Crippen LogP contribution is 2.36. The molecule has 0 unspecified atom stereocenters. The molecule has 1 atom stereocenters. The predicted molar refractivity (Wildman–Crippen MR) is 147 cm³/mol. The van der Waals surface area contributed by atoms with E-state index in [1.807, 2.05) is 4.40 Å². The van der Waals surface area contributed by atoms with E-state index in [1.54, 1.807) is 48.5 Å². The second kappa shape index (κ2) is 11.3. The van der Waals surface area contributed by atoms with E-state index in [0.29, 0.717) is 29.1 Å². The van der Waals surface area contributed by atoms with Crippen molar-refractivity contribution in [1.29, 1.82) is 0 Å². The predicted octanol–water partition coefficient (Wildman–Crippen LogP) is 4.59. The summed E-state index contributed by atoms with van der Waals surface area (Å²) in [4.78, 5) is 40.4. The lowest BCUT2D eigenvalue weighted by atomic mass is 10.0. The fourth-order valence-electron chi connectivity index (χ4n) is 4.96. The number of amidine groups is 1. The number of nitrogens with two attached hydrogens (primary N) is 1. The van der Waals surface area contributed by atoms with Gasteiger partial charge in [0.2, 0.25) is 0 Å². The number of nitrogens with one attached hydrogen (secondary N) is 1. The number of allylic oxidation sites excluding steroid dienone is 2. The number of fused-ring (bicyclic) bond motifs is 1. The molecule has 12 heteroatoms. The number of hydrogen-bond acceptors (Lipinski definition) is 6. The van der Waals surface area contributed by atoms with Gasteiger partial charge in [-0.05, 0) is 50.3 Å². The molecule has 5 rings (SSSR count). The number of hydrogen-bond donors (Lipinski definition) is 2. The van der Waals surface area contributed by atoms with Gasteiger partial charge in [0.15, 0.2) is 0 Å². The molecule has 2 aromatic heterocycles. The first-order valence-electron chi connectivity index (χ1n) is 13.0. The number of anilines is 1. The third kappa shape index (κ3) is 5.70. The largest absolute Gasteiger partial charge is 0.416 e. The highest BCUT2D eigenvalue weighted by atomic mass is 19.4. The quantitative estimate of drug-likeness (QED) is 0.454. The summed E-state index contributed by atoms with van der Waals surface area (Å²) < 4.78 is 40.8. The molecule has 9 nitrogen and oxygen atoms in total. The molecule has 210 valence electrons. The highest BCUT2D eigenvalue weighted by molar-refractivity contribution is 6.07. The summed E-state index contributed by atoms with van der Waals surface area (Å²) in [6, 6.07) is 6.28. The van der Waals surface area contributed by atoms with Crippen LogP contribution in [0.2, 0.25) is 0 Å². The van der Waals surface area contributed by atoms with Gasteiger partial charge < -0.3 is 16.0 Å². The Labute approximate surface area is 233 Å². The lowest BCUT2D eigenvalue weighted by Crippen LogP contribution is -2.38. The Morgan fingerprint density at radius 2 is 1.95 bits per heavy atom. The minimum Gasteiger partial charge on any atom is -0.382 e. The van der Waals surface area contributed by atoms with Crippen LogP contribution < -0.4 is 11.1 Å². The lowest BCUT2D eigenvalue weighted by Gasteiger charge is -2.33. The van der Waals surface area contributed by atoms with Crippen molar-refractivity contribution in [3.63, 3.8) is 0 Å². The molecule has 1 saturated heterocycles. The van der Waals surface area contributed by atoms with Crippen molar-refractivity contribution >= 4 is 29.0 Å². The SMILES string of the molecule is CC#CC(=O)N1CCCC[C@H]1c1nc(-c2ccc(C(=O)NC3=NC=CC(C(F)(F)F)=CC3)cc2)c2c(N)nccn12. The molecular weight excluding hydrogens is 535 g/mol. The average Bonchev–Trinajstić information content (AvgIpc) is 3.18. The second-order valence-corrected chi connectivity index (χ2v) is 9.52. The van der Waals surface area contributed by atoms with Crippen molar-refractivity contribution in [3.8, 4) is 23.1 Å². The number of carbonyl (C=O) groups is 2. The van der Waals surface area contributed by atoms with E-state index in [4.69, 9.17) is 10.7 Å². The number of aromatic nitrogens is 3. The van der Waals surface area contributed by atoms with Crippen LogP contribution >= 0.6 is 0 Å². The molecule has 0 radical (unpaired) electrons. The topological polar surface area (TPSA) is 118 Å². The molecule has 3 aromatic rings. The number of halogens is 3. The van der Waals surface area contributed by atoms with Gasteiger partial charge in [0.25, 0.3) is 11.8 Å². The van der Waals surface area contributed by atoms with Crippen LogP contribution in [-0.2, 0) is 4.79 Å². The number of likely N-dealkylation sites (tertiary alicyclic amines) is 1. The molecule has 41 heavy (non-hydrogen) atoms. The molecule has 2 aliphatic rings. The summed E-state index contributed by atoms with van der Waals surface area (Å²) in [6.07, 6.45) is 4.02. The van der Waals surface area contributed by atoms with Gasteiger partial charge in [-0.15, -0.1) is 0 Å². The average molecular weight is 562 g/mol. The molecule has 4 heterocycles. The van der Waals surface area contributed by atoms with Crippen LogP contribution in [0, 0.1) is 11.8 Å². The van der Waals surface area contributed by atoms with Gasteiger partial charge >= 0.3 is 6.18 Å². The molecule has 1 fully saturated rings. The fourth-order valence-corrected chi connectivity index (χ4v) is 4.96. The van der Waals surface area contributed by atoms with E-state index in [2.05, 4.69) is 27.1 Å². The monoisotopic (exact) mass is 561 g/mol. The normalized spacial score (nSPS) is 17.3. The van der Waals surface area contributed by atoms with Gasteiger partial charge in [-0.25, -0.2) is 15.0 Å². The van der Waals surface area contributed by atoms with E-state index in [-0.39, 0.29) is 35.6 Å². The van der Waals surface area contributed by atoms with Crippen LogP contribution in [0.4, 0.5) is 19.0 Å². The van der Waals surface area contributed by atoms with Crippen LogP contribution in [0.5, 0.6) is 0 Å². The minimum absolute atomic E-state index is 0.0949. The number of aliphatic imine (C=N–C) groups is 1. The number of carbonyl (C=O) groups excluding carboxylic acids is 2. The molecule has 0 spiro atoms. The minimum atomic E-state index is -4.49. The van der Waals surface area contributed by atoms with Crippen molar-refractivity contribution in [2.24, 2.45) is 4.99 Å². The van der Waals surface area contributed by atoms with Crippen LogP contribution in [0.3, 0.4) is 0 Å². The van der Waals surface area contributed by atoms with Crippen LogP contribution in [0.15, 0.2) is 65.6 Å². The number of imidazole rings is 1. The molecule has 2 aliphatic heterocycles. The Hall–Kier alpha value is -4.92. The first-order chi connectivity index (χ1) is 19.7.